The number of carboxylic acids is 1. The van der Waals surface area contributed by atoms with Gasteiger partial charge in [-0.3, -0.25) is 9.59 Å². The molecule has 3 aromatic heterocycles. The normalized spacial score (nSPS) is 17.9. The number of pyridine rings is 1. The van der Waals surface area contributed by atoms with Crippen molar-refractivity contribution in [3.05, 3.63) is 96.1 Å². The highest BCUT2D eigenvalue weighted by Crippen LogP contribution is 2.48. The van der Waals surface area contributed by atoms with Crippen LogP contribution >= 0.6 is 0 Å². The van der Waals surface area contributed by atoms with Crippen molar-refractivity contribution in [1.82, 2.24) is 25.3 Å². The van der Waals surface area contributed by atoms with Gasteiger partial charge in [-0.05, 0) is 52.8 Å². The third kappa shape index (κ3) is 3.98. The van der Waals surface area contributed by atoms with Gasteiger partial charge in [-0.25, -0.2) is 15.0 Å². The summed E-state index contributed by atoms with van der Waals surface area (Å²) in [6.07, 6.45) is 8.50. The fourth-order valence-electron chi connectivity index (χ4n) is 6.00. The van der Waals surface area contributed by atoms with Gasteiger partial charge in [-0.1, -0.05) is 42.5 Å². The molecule has 0 saturated carbocycles. The Morgan fingerprint density at radius 1 is 0.950 bits per heavy atom. The van der Waals surface area contributed by atoms with Gasteiger partial charge in [0.1, 0.15) is 5.65 Å². The van der Waals surface area contributed by atoms with Crippen LogP contribution in [0.25, 0.3) is 33.3 Å². The molecule has 0 bridgehead atoms. The zero-order valence-electron chi connectivity index (χ0n) is 21.5. The lowest BCUT2D eigenvalue weighted by Gasteiger charge is -2.30. The molecule has 0 radical (unpaired) electrons. The minimum atomic E-state index is -0.775. The first-order chi connectivity index (χ1) is 19.6. The fraction of sp³-hybridized carbons (Fsp3) is 0.194. The maximum Gasteiger partial charge on any atom is 0.308 e. The molecular weight excluding hydrogens is 504 g/mol. The molecule has 1 aliphatic heterocycles. The summed E-state index contributed by atoms with van der Waals surface area (Å²) in [6, 6.07) is 17.5. The average Bonchev–Trinajstić information content (AvgIpc) is 3.60. The van der Waals surface area contributed by atoms with E-state index in [1.165, 1.54) is 0 Å². The van der Waals surface area contributed by atoms with Crippen LogP contribution in [0.1, 0.15) is 40.4 Å². The van der Waals surface area contributed by atoms with E-state index in [1.54, 1.807) is 30.9 Å². The molecule has 7 rings (SSSR count). The van der Waals surface area contributed by atoms with E-state index < -0.39 is 11.9 Å². The molecule has 1 fully saturated rings. The van der Waals surface area contributed by atoms with Crippen LogP contribution in [-0.2, 0) is 4.79 Å². The Morgan fingerprint density at radius 2 is 1.75 bits per heavy atom. The first-order valence-electron chi connectivity index (χ1n) is 13.3. The highest BCUT2D eigenvalue weighted by atomic mass is 16.4. The number of aromatic nitrogens is 4. The Bertz CT molecular complexity index is 1760. The summed E-state index contributed by atoms with van der Waals surface area (Å²) in [7, 11) is 0. The number of hydrogen-bond acceptors (Lipinski definition) is 6. The van der Waals surface area contributed by atoms with E-state index in [2.05, 4.69) is 43.5 Å². The third-order valence-corrected chi connectivity index (χ3v) is 7.93. The number of nitrogens with zero attached hydrogens (tertiary/aromatic N) is 4. The Labute approximate surface area is 229 Å². The summed E-state index contributed by atoms with van der Waals surface area (Å²) in [5.41, 5.74) is 7.23. The predicted octanol–water partition coefficient (Wildman–Crippen LogP) is 4.82. The van der Waals surface area contributed by atoms with E-state index in [0.717, 1.165) is 51.7 Å². The van der Waals surface area contributed by atoms with E-state index in [9.17, 15) is 14.7 Å². The lowest BCUT2D eigenvalue weighted by atomic mass is 9.95. The molecule has 40 heavy (non-hydrogen) atoms. The number of nitrogens with one attached hydrogen (secondary N) is 2. The van der Waals surface area contributed by atoms with Crippen molar-refractivity contribution in [3.8, 4) is 22.3 Å². The molecule has 198 valence electrons. The Balaban J connectivity index is 1.23. The Morgan fingerprint density at radius 3 is 2.60 bits per heavy atom. The van der Waals surface area contributed by atoms with E-state index in [1.807, 2.05) is 35.2 Å². The molecular formula is C31H26N6O3. The minimum absolute atomic E-state index is 0.168. The van der Waals surface area contributed by atoms with Gasteiger partial charge in [0.05, 0.1) is 17.5 Å². The quantitative estimate of drug-likeness (QED) is 0.298. The minimum Gasteiger partial charge on any atom is -0.481 e. The molecule has 4 heterocycles. The molecule has 1 amide bonds. The van der Waals surface area contributed by atoms with Gasteiger partial charge in [0.2, 0.25) is 5.95 Å². The van der Waals surface area contributed by atoms with Gasteiger partial charge >= 0.3 is 5.97 Å². The number of carboxylic acid groups (broad SMARTS) is 1. The van der Waals surface area contributed by atoms with Crippen molar-refractivity contribution in [1.29, 1.82) is 0 Å². The van der Waals surface area contributed by atoms with Crippen molar-refractivity contribution < 1.29 is 14.7 Å². The van der Waals surface area contributed by atoms with Crippen molar-refractivity contribution in [2.45, 2.75) is 18.9 Å². The largest absolute Gasteiger partial charge is 0.481 e. The van der Waals surface area contributed by atoms with Crippen LogP contribution in [0.2, 0.25) is 0 Å². The van der Waals surface area contributed by atoms with Gasteiger partial charge in [-0.2, -0.15) is 0 Å². The standard InChI is InChI=1S/C31H26N6O3/c38-29(24-11-13-33-28-23(24)10-12-32-28)36-27-22-7-2-1-6-21(22)26-20(8-3-9-25(26)27)19-15-34-31(35-16-19)37-14-4-5-18(17-37)30(39)40/h1-3,6-13,15-16,18,27H,4-5,14,17H2,(H,32,33)(H,36,38)(H,39,40). The molecule has 2 atom stereocenters. The van der Waals surface area contributed by atoms with Crippen molar-refractivity contribution >= 4 is 28.9 Å². The number of anilines is 1. The lowest BCUT2D eigenvalue weighted by molar-refractivity contribution is -0.141. The summed E-state index contributed by atoms with van der Waals surface area (Å²) in [5, 5.41) is 13.5. The summed E-state index contributed by atoms with van der Waals surface area (Å²) in [5.74, 6) is -0.804. The van der Waals surface area contributed by atoms with Crippen LogP contribution in [0.5, 0.6) is 0 Å². The highest BCUT2D eigenvalue weighted by molar-refractivity contribution is 6.06. The molecule has 1 aliphatic carbocycles. The number of amides is 1. The second kappa shape index (κ2) is 9.60. The number of aromatic amines is 1. The Hall–Kier alpha value is -5.05. The first-order valence-corrected chi connectivity index (χ1v) is 13.3. The third-order valence-electron chi connectivity index (χ3n) is 7.93. The predicted molar refractivity (Wildman–Crippen MR) is 151 cm³/mol. The van der Waals surface area contributed by atoms with Gasteiger partial charge in [-0.15, -0.1) is 0 Å². The number of fused-ring (bicyclic) bond motifs is 4. The number of benzene rings is 2. The van der Waals surface area contributed by atoms with Gasteiger partial charge in [0.15, 0.2) is 0 Å². The molecule has 2 aliphatic rings. The molecule has 9 nitrogen and oxygen atoms in total. The topological polar surface area (TPSA) is 124 Å². The van der Waals surface area contributed by atoms with E-state index in [4.69, 9.17) is 0 Å². The molecule has 9 heteroatoms. The van der Waals surface area contributed by atoms with Crippen LogP contribution in [0.4, 0.5) is 5.95 Å². The molecule has 2 unspecified atom stereocenters. The van der Waals surface area contributed by atoms with E-state index >= 15 is 0 Å². The number of piperidine rings is 1. The molecule has 3 N–H and O–H groups in total. The number of aliphatic carboxylic acids is 1. The number of hydrogen-bond donors (Lipinski definition) is 3. The summed E-state index contributed by atoms with van der Waals surface area (Å²) in [6.45, 7) is 1.15. The zero-order chi connectivity index (χ0) is 27.2. The molecule has 0 spiro atoms. The van der Waals surface area contributed by atoms with Gasteiger partial charge in [0.25, 0.3) is 5.91 Å². The van der Waals surface area contributed by atoms with Gasteiger partial charge < -0.3 is 20.3 Å². The smallest absolute Gasteiger partial charge is 0.308 e. The summed E-state index contributed by atoms with van der Waals surface area (Å²) in [4.78, 5) is 43.6. The molecule has 1 saturated heterocycles. The average molecular weight is 531 g/mol. The van der Waals surface area contributed by atoms with Crippen molar-refractivity contribution in [3.63, 3.8) is 0 Å². The van der Waals surface area contributed by atoms with Crippen molar-refractivity contribution in [2.75, 3.05) is 18.0 Å². The zero-order valence-corrected chi connectivity index (χ0v) is 21.5. The van der Waals surface area contributed by atoms with Crippen LogP contribution in [0.15, 0.2) is 79.4 Å². The van der Waals surface area contributed by atoms with Crippen LogP contribution in [-0.4, -0.2) is 50.0 Å². The molecule has 5 aromatic rings. The second-order valence-electron chi connectivity index (χ2n) is 10.3. The second-order valence-corrected chi connectivity index (χ2v) is 10.3. The first kappa shape index (κ1) is 24.0. The number of carbonyl (C=O) groups is 2. The number of rotatable bonds is 5. The van der Waals surface area contributed by atoms with Crippen molar-refractivity contribution in [2.24, 2.45) is 5.92 Å². The summed E-state index contributed by atoms with van der Waals surface area (Å²) >= 11 is 0. The van der Waals surface area contributed by atoms with E-state index in [0.29, 0.717) is 30.1 Å². The van der Waals surface area contributed by atoms with Crippen LogP contribution < -0.4 is 10.2 Å². The number of carbonyl (C=O) groups excluding carboxylic acids is 1. The fourth-order valence-corrected chi connectivity index (χ4v) is 6.00. The van der Waals surface area contributed by atoms with E-state index in [-0.39, 0.29) is 11.9 Å². The maximum atomic E-state index is 13.5. The van der Waals surface area contributed by atoms with Gasteiger partial charge in [0, 0.05) is 48.8 Å². The maximum absolute atomic E-state index is 13.5. The monoisotopic (exact) mass is 530 g/mol. The van der Waals surface area contributed by atoms with Crippen LogP contribution in [0.3, 0.4) is 0 Å². The number of H-pyrrole nitrogens is 1. The summed E-state index contributed by atoms with van der Waals surface area (Å²) < 4.78 is 0. The highest BCUT2D eigenvalue weighted by Gasteiger charge is 2.32. The van der Waals surface area contributed by atoms with Crippen LogP contribution in [0, 0.1) is 5.92 Å². The lowest BCUT2D eigenvalue weighted by Crippen LogP contribution is -2.39. The molecule has 2 aromatic carbocycles. The Kier molecular flexibility index (Phi) is 5.77. The SMILES string of the molecule is O=C(NC1c2ccccc2-c2c(-c3cnc(N4CCCC(C(=O)O)C4)nc3)cccc21)c1ccnc2[nH]ccc12.